The number of nitrogens with zero attached hydrogens (tertiary/aromatic N) is 1. The maximum atomic E-state index is 11.3. The van der Waals surface area contributed by atoms with Crippen LogP contribution >= 0.6 is 0 Å². The van der Waals surface area contributed by atoms with Crippen molar-refractivity contribution in [3.05, 3.63) is 51.6 Å². The fraction of sp³-hybridized carbons (Fsp3) is 0.154. The van der Waals surface area contributed by atoms with Crippen LogP contribution in [-0.4, -0.2) is 21.0 Å². The Morgan fingerprint density at radius 2 is 2.00 bits per heavy atom. The first-order chi connectivity index (χ1) is 8.47. The zero-order valence-electron chi connectivity index (χ0n) is 10.0. The topological polar surface area (TPSA) is 83.0 Å². The minimum Gasteiger partial charge on any atom is -0.477 e. The number of aryl methyl sites for hydroxylation is 2. The lowest BCUT2D eigenvalue weighted by atomic mass is 10.1. The van der Waals surface area contributed by atoms with Crippen LogP contribution < -0.4 is 5.56 Å². The van der Waals surface area contributed by atoms with Gasteiger partial charge in [-0.1, -0.05) is 0 Å². The van der Waals surface area contributed by atoms with Crippen molar-refractivity contribution in [3.8, 4) is 11.3 Å². The summed E-state index contributed by atoms with van der Waals surface area (Å²) in [6, 6.07) is 5.10. The van der Waals surface area contributed by atoms with Gasteiger partial charge in [0, 0.05) is 17.5 Å². The maximum Gasteiger partial charge on any atom is 0.341 e. The number of carboxylic acids is 1. The minimum atomic E-state index is -1.25. The van der Waals surface area contributed by atoms with E-state index in [0.29, 0.717) is 11.3 Å². The summed E-state index contributed by atoms with van der Waals surface area (Å²) in [5.74, 6) is -1.25. The Hall–Kier alpha value is -2.43. The van der Waals surface area contributed by atoms with Crippen molar-refractivity contribution >= 4 is 5.97 Å². The molecule has 0 saturated carbocycles. The molecule has 0 radical (unpaired) electrons. The van der Waals surface area contributed by atoms with E-state index in [2.05, 4.69) is 9.97 Å². The van der Waals surface area contributed by atoms with Gasteiger partial charge in [0.25, 0.3) is 5.56 Å². The third-order valence-corrected chi connectivity index (χ3v) is 2.53. The Morgan fingerprint density at radius 3 is 2.61 bits per heavy atom. The molecule has 0 bridgehead atoms. The van der Waals surface area contributed by atoms with Crippen molar-refractivity contribution < 1.29 is 9.90 Å². The number of hydrogen-bond donors (Lipinski definition) is 2. The van der Waals surface area contributed by atoms with Gasteiger partial charge in [0.15, 0.2) is 0 Å². The fourth-order valence-corrected chi connectivity index (χ4v) is 1.78. The number of hydrogen-bond acceptors (Lipinski definition) is 3. The van der Waals surface area contributed by atoms with Crippen LogP contribution in [0.3, 0.4) is 0 Å². The lowest BCUT2D eigenvalue weighted by molar-refractivity contribution is 0.0695. The molecule has 0 aliphatic rings. The molecule has 0 atom stereocenters. The highest BCUT2D eigenvalue weighted by Crippen LogP contribution is 2.18. The predicted octanol–water partition coefficient (Wildman–Crippen LogP) is 1.75. The van der Waals surface area contributed by atoms with Crippen molar-refractivity contribution in [2.45, 2.75) is 13.8 Å². The van der Waals surface area contributed by atoms with Crippen LogP contribution in [0.5, 0.6) is 0 Å². The van der Waals surface area contributed by atoms with Crippen LogP contribution in [0.25, 0.3) is 11.3 Å². The molecule has 0 fully saturated rings. The monoisotopic (exact) mass is 244 g/mol. The molecule has 5 heteroatoms. The smallest absolute Gasteiger partial charge is 0.341 e. The first-order valence-corrected chi connectivity index (χ1v) is 5.39. The van der Waals surface area contributed by atoms with Crippen molar-refractivity contribution in [2.24, 2.45) is 0 Å². The van der Waals surface area contributed by atoms with Crippen LogP contribution in [0, 0.1) is 13.8 Å². The Morgan fingerprint density at radius 1 is 1.28 bits per heavy atom. The van der Waals surface area contributed by atoms with E-state index in [0.717, 1.165) is 11.3 Å². The van der Waals surface area contributed by atoms with E-state index in [1.54, 1.807) is 0 Å². The molecule has 2 rings (SSSR count). The molecule has 92 valence electrons. The van der Waals surface area contributed by atoms with Gasteiger partial charge in [-0.2, -0.15) is 0 Å². The van der Waals surface area contributed by atoms with Gasteiger partial charge in [0.2, 0.25) is 0 Å². The van der Waals surface area contributed by atoms with Crippen LogP contribution in [0.15, 0.2) is 29.2 Å². The molecule has 2 N–H and O–H groups in total. The van der Waals surface area contributed by atoms with Crippen molar-refractivity contribution in [1.29, 1.82) is 0 Å². The Balaban J connectivity index is 2.61. The lowest BCUT2D eigenvalue weighted by Crippen LogP contribution is -2.16. The molecular weight excluding hydrogens is 232 g/mol. The second-order valence-electron chi connectivity index (χ2n) is 4.11. The standard InChI is InChI=1S/C13H12N2O3/c1-7-3-8(2)15-11(4-7)9-5-10(13(17)18)12(16)14-6-9/h3-6H,1-2H3,(H,14,16)(H,17,18). The lowest BCUT2D eigenvalue weighted by Gasteiger charge is -2.04. The minimum absolute atomic E-state index is 0.284. The first-order valence-electron chi connectivity index (χ1n) is 5.39. The van der Waals surface area contributed by atoms with E-state index in [4.69, 9.17) is 5.11 Å². The molecule has 2 aromatic rings. The summed E-state index contributed by atoms with van der Waals surface area (Å²) in [4.78, 5) is 29.0. The van der Waals surface area contributed by atoms with Crippen molar-refractivity contribution in [1.82, 2.24) is 9.97 Å². The Bertz CT molecular complexity index is 654. The average molecular weight is 244 g/mol. The molecule has 0 unspecified atom stereocenters. The molecule has 2 heterocycles. The van der Waals surface area contributed by atoms with Gasteiger partial charge in [-0.3, -0.25) is 9.78 Å². The molecule has 0 aliphatic carbocycles. The van der Waals surface area contributed by atoms with E-state index in [-0.39, 0.29) is 5.56 Å². The van der Waals surface area contributed by atoms with Crippen LogP contribution in [0.2, 0.25) is 0 Å². The van der Waals surface area contributed by atoms with Crippen LogP contribution in [0.4, 0.5) is 0 Å². The van der Waals surface area contributed by atoms with E-state index in [1.807, 2.05) is 26.0 Å². The summed E-state index contributed by atoms with van der Waals surface area (Å²) < 4.78 is 0. The second kappa shape index (κ2) is 4.44. The van der Waals surface area contributed by atoms with E-state index in [1.165, 1.54) is 12.3 Å². The molecule has 0 spiro atoms. The molecule has 2 aromatic heterocycles. The second-order valence-corrected chi connectivity index (χ2v) is 4.11. The molecule has 0 aromatic carbocycles. The molecule has 5 nitrogen and oxygen atoms in total. The van der Waals surface area contributed by atoms with Gasteiger partial charge in [-0.05, 0) is 37.6 Å². The van der Waals surface area contributed by atoms with Gasteiger partial charge in [0.05, 0.1) is 5.69 Å². The molecule has 0 amide bonds. The fourth-order valence-electron chi connectivity index (χ4n) is 1.78. The van der Waals surface area contributed by atoms with Gasteiger partial charge < -0.3 is 10.1 Å². The summed E-state index contributed by atoms with van der Waals surface area (Å²) in [6.45, 7) is 3.79. The number of aromatic nitrogens is 2. The summed E-state index contributed by atoms with van der Waals surface area (Å²) in [7, 11) is 0. The maximum absolute atomic E-state index is 11.3. The van der Waals surface area contributed by atoms with Crippen LogP contribution in [-0.2, 0) is 0 Å². The van der Waals surface area contributed by atoms with Crippen molar-refractivity contribution in [3.63, 3.8) is 0 Å². The van der Waals surface area contributed by atoms with Gasteiger partial charge in [-0.15, -0.1) is 0 Å². The molecule has 18 heavy (non-hydrogen) atoms. The van der Waals surface area contributed by atoms with Gasteiger partial charge in [0.1, 0.15) is 5.56 Å². The third kappa shape index (κ3) is 2.29. The first kappa shape index (κ1) is 12.0. The van der Waals surface area contributed by atoms with E-state index in [9.17, 15) is 9.59 Å². The number of nitrogens with one attached hydrogen (secondary N) is 1. The third-order valence-electron chi connectivity index (χ3n) is 2.53. The van der Waals surface area contributed by atoms with Gasteiger partial charge in [-0.25, -0.2) is 4.79 Å². The quantitative estimate of drug-likeness (QED) is 0.843. The SMILES string of the molecule is Cc1cc(C)nc(-c2c[nH]c(=O)c(C(=O)O)c2)c1. The predicted molar refractivity (Wildman–Crippen MR) is 66.7 cm³/mol. The Labute approximate surface area is 103 Å². The highest BCUT2D eigenvalue weighted by Gasteiger charge is 2.11. The number of carboxylic acid groups (broad SMARTS) is 1. The number of H-pyrrole nitrogens is 1. The Kier molecular flexibility index (Phi) is 2.97. The number of rotatable bonds is 2. The van der Waals surface area contributed by atoms with Gasteiger partial charge >= 0.3 is 5.97 Å². The average Bonchev–Trinajstić information content (AvgIpc) is 2.27. The van der Waals surface area contributed by atoms with Crippen LogP contribution in [0.1, 0.15) is 21.6 Å². The molecular formula is C13H12N2O3. The summed E-state index contributed by atoms with van der Waals surface area (Å²) in [6.07, 6.45) is 1.47. The van der Waals surface area contributed by atoms with Crippen molar-refractivity contribution in [2.75, 3.05) is 0 Å². The summed E-state index contributed by atoms with van der Waals surface area (Å²) in [5.41, 5.74) is 2.20. The number of pyridine rings is 2. The number of aromatic amines is 1. The molecule has 0 aliphatic heterocycles. The van der Waals surface area contributed by atoms with E-state index >= 15 is 0 Å². The van der Waals surface area contributed by atoms with E-state index < -0.39 is 11.5 Å². The zero-order valence-corrected chi connectivity index (χ0v) is 10.0. The normalized spacial score (nSPS) is 10.3. The molecule has 0 saturated heterocycles. The number of aromatic carboxylic acids is 1. The number of carbonyl (C=O) groups is 1. The zero-order chi connectivity index (χ0) is 13.3. The summed E-state index contributed by atoms with van der Waals surface area (Å²) in [5, 5.41) is 8.91. The summed E-state index contributed by atoms with van der Waals surface area (Å²) >= 11 is 0. The largest absolute Gasteiger partial charge is 0.477 e. The highest BCUT2D eigenvalue weighted by molar-refractivity contribution is 5.88. The highest BCUT2D eigenvalue weighted by atomic mass is 16.4.